The molecule has 288 valence electrons. The van der Waals surface area contributed by atoms with E-state index in [1.54, 1.807) is 18.2 Å². The molecular weight excluding hydrogens is 728 g/mol. The van der Waals surface area contributed by atoms with E-state index < -0.39 is 35.2 Å². The van der Waals surface area contributed by atoms with E-state index in [2.05, 4.69) is 67.9 Å². The third kappa shape index (κ3) is 6.76. The van der Waals surface area contributed by atoms with Gasteiger partial charge in [-0.3, -0.25) is 9.88 Å². The zero-order valence-corrected chi connectivity index (χ0v) is 33.9. The van der Waals surface area contributed by atoms with Gasteiger partial charge in [0.05, 0.1) is 21.7 Å². The second kappa shape index (κ2) is 14.7. The van der Waals surface area contributed by atoms with Gasteiger partial charge in [-0.15, -0.1) is 9.43 Å². The van der Waals surface area contributed by atoms with Gasteiger partial charge in [-0.05, 0) is 79.7 Å². The molecule has 0 amide bonds. The lowest BCUT2D eigenvalue weighted by molar-refractivity contribution is 0.108. The first kappa shape index (κ1) is 38.5. The molecule has 0 bridgehead atoms. The quantitative estimate of drug-likeness (QED) is 0.0946. The van der Waals surface area contributed by atoms with Gasteiger partial charge in [0.1, 0.15) is 37.5 Å². The first-order chi connectivity index (χ1) is 25.7. The number of pyridine rings is 1. The summed E-state index contributed by atoms with van der Waals surface area (Å²) in [7, 11) is -6.94. The largest absolute Gasteiger partial charge is 0.461 e. The van der Waals surface area contributed by atoms with Crippen LogP contribution in [0.3, 0.4) is 0 Å². The molecule has 0 atom stereocenters. The SMILES string of the molecule is CC(C)[Si](C#Cc1c(F)ccc2cccc(-c3ncc4c(N5CCC(S(=O)(=O)F)CC5)nc(OCC56CCCN5CCC6)nc4c3F)c12)(C(C)C)C(C)C. The molecular formula is C41H50F3N5O3SSi. The number of hydrogen-bond acceptors (Lipinski definition) is 8. The molecule has 0 unspecified atom stereocenters. The summed E-state index contributed by atoms with van der Waals surface area (Å²) in [4.78, 5) is 18.3. The Kier molecular flexibility index (Phi) is 10.5. The lowest BCUT2D eigenvalue weighted by Crippen LogP contribution is -2.43. The molecule has 3 fully saturated rings. The minimum Gasteiger partial charge on any atom is -0.461 e. The van der Waals surface area contributed by atoms with Crippen molar-refractivity contribution in [3.63, 3.8) is 0 Å². The fourth-order valence-electron chi connectivity index (χ4n) is 9.80. The zero-order valence-electron chi connectivity index (χ0n) is 32.1. The molecule has 5 heterocycles. The monoisotopic (exact) mass is 777 g/mol. The van der Waals surface area contributed by atoms with Crippen molar-refractivity contribution in [1.82, 2.24) is 19.9 Å². The topological polar surface area (TPSA) is 88.5 Å². The van der Waals surface area contributed by atoms with Crippen molar-refractivity contribution in [1.29, 1.82) is 0 Å². The van der Waals surface area contributed by atoms with E-state index in [4.69, 9.17) is 9.72 Å². The average Bonchev–Trinajstić information content (AvgIpc) is 3.72. The first-order valence-corrected chi connectivity index (χ1v) is 23.0. The number of rotatable bonds is 9. The summed E-state index contributed by atoms with van der Waals surface area (Å²) in [6.07, 6.45) is 5.79. The van der Waals surface area contributed by atoms with Crippen molar-refractivity contribution in [2.24, 2.45) is 0 Å². The summed E-state index contributed by atoms with van der Waals surface area (Å²) in [6, 6.07) is 8.50. The van der Waals surface area contributed by atoms with Gasteiger partial charge in [-0.2, -0.15) is 18.4 Å². The minimum atomic E-state index is -4.70. The fourth-order valence-corrected chi connectivity index (χ4v) is 15.8. The Bertz CT molecular complexity index is 2220. The maximum Gasteiger partial charge on any atom is 0.319 e. The second-order valence-corrected chi connectivity index (χ2v) is 23.6. The number of hydrogen-bond donors (Lipinski definition) is 0. The van der Waals surface area contributed by atoms with Gasteiger partial charge in [0.15, 0.2) is 5.82 Å². The highest BCUT2D eigenvalue weighted by molar-refractivity contribution is 7.87. The summed E-state index contributed by atoms with van der Waals surface area (Å²) in [5.74, 6) is 2.46. The standard InChI is InChI=1S/C41H50F3N5O3SSi/c1-26(2)54(27(3)4,28(5)6)23-16-31-34(42)13-12-29-10-7-11-32(35(29)31)37-36(43)38-33(24-45-37)39(48-21-14-30(15-22-48)53(44,50)51)47-40(46-38)52-25-41-17-8-19-49(41)20-9-18-41/h7,10-13,24,26-28,30H,8-9,14-15,17-22,25H2,1-6H3. The van der Waals surface area contributed by atoms with Crippen LogP contribution in [0.25, 0.3) is 32.9 Å². The van der Waals surface area contributed by atoms with Crippen molar-refractivity contribution in [3.8, 4) is 28.7 Å². The molecule has 0 spiro atoms. The van der Waals surface area contributed by atoms with E-state index in [-0.39, 0.29) is 54.3 Å². The van der Waals surface area contributed by atoms with Crippen LogP contribution in [-0.4, -0.2) is 79.9 Å². The molecule has 7 rings (SSSR count). The predicted octanol–water partition coefficient (Wildman–Crippen LogP) is 8.97. The number of benzene rings is 2. The van der Waals surface area contributed by atoms with Crippen molar-refractivity contribution in [2.75, 3.05) is 37.7 Å². The van der Waals surface area contributed by atoms with Crippen LogP contribution in [-0.2, 0) is 10.2 Å². The highest BCUT2D eigenvalue weighted by Gasteiger charge is 2.45. The summed E-state index contributed by atoms with van der Waals surface area (Å²) in [5.41, 5.74) is 5.14. The molecule has 0 aliphatic carbocycles. The van der Waals surface area contributed by atoms with Gasteiger partial charge in [-0.1, -0.05) is 71.7 Å². The summed E-state index contributed by atoms with van der Waals surface area (Å²) in [5, 5.41) is 0.407. The Morgan fingerprint density at radius 1 is 0.944 bits per heavy atom. The highest BCUT2D eigenvalue weighted by atomic mass is 32.3. The molecule has 4 aromatic rings. The van der Waals surface area contributed by atoms with Crippen molar-refractivity contribution in [2.45, 2.75) is 107 Å². The van der Waals surface area contributed by atoms with Gasteiger partial charge >= 0.3 is 16.2 Å². The van der Waals surface area contributed by atoms with Gasteiger partial charge in [-0.25, -0.2) is 8.78 Å². The Balaban J connectivity index is 1.37. The van der Waals surface area contributed by atoms with Crippen LogP contribution < -0.4 is 9.64 Å². The lowest BCUT2D eigenvalue weighted by atomic mass is 9.95. The van der Waals surface area contributed by atoms with Gasteiger partial charge < -0.3 is 9.64 Å². The smallest absolute Gasteiger partial charge is 0.319 e. The molecule has 0 saturated carbocycles. The summed E-state index contributed by atoms with van der Waals surface area (Å²) >= 11 is 0. The number of nitrogens with zero attached hydrogens (tertiary/aromatic N) is 5. The lowest BCUT2D eigenvalue weighted by Gasteiger charge is -2.38. The fraction of sp³-hybridized carbons (Fsp3) is 0.537. The molecule has 2 aromatic heterocycles. The van der Waals surface area contributed by atoms with E-state index in [0.29, 0.717) is 50.8 Å². The maximum atomic E-state index is 17.2. The van der Waals surface area contributed by atoms with Crippen LogP contribution >= 0.6 is 0 Å². The summed E-state index contributed by atoms with van der Waals surface area (Å²) < 4.78 is 76.9. The van der Waals surface area contributed by atoms with E-state index in [9.17, 15) is 12.3 Å². The van der Waals surface area contributed by atoms with Crippen molar-refractivity contribution >= 4 is 45.8 Å². The summed E-state index contributed by atoms with van der Waals surface area (Å²) in [6.45, 7) is 16.0. The van der Waals surface area contributed by atoms with Crippen LogP contribution in [0.5, 0.6) is 6.01 Å². The maximum absolute atomic E-state index is 17.2. The van der Waals surface area contributed by atoms with Gasteiger partial charge in [0, 0.05) is 30.2 Å². The number of fused-ring (bicyclic) bond motifs is 3. The van der Waals surface area contributed by atoms with Crippen LogP contribution in [0, 0.1) is 23.1 Å². The number of piperidine rings is 1. The predicted molar refractivity (Wildman–Crippen MR) is 212 cm³/mol. The highest BCUT2D eigenvalue weighted by Crippen LogP contribution is 2.43. The number of halogens is 3. The third-order valence-electron chi connectivity index (χ3n) is 12.6. The van der Waals surface area contributed by atoms with E-state index in [1.807, 2.05) is 11.0 Å². The second-order valence-electron chi connectivity index (χ2n) is 16.4. The normalized spacial score (nSPS) is 18.3. The Labute approximate surface area is 318 Å². The van der Waals surface area contributed by atoms with E-state index in [0.717, 1.165) is 38.8 Å². The molecule has 0 N–H and O–H groups in total. The van der Waals surface area contributed by atoms with Crippen LogP contribution in [0.2, 0.25) is 16.6 Å². The molecule has 13 heteroatoms. The molecule has 0 radical (unpaired) electrons. The van der Waals surface area contributed by atoms with E-state index in [1.165, 1.54) is 12.3 Å². The van der Waals surface area contributed by atoms with Crippen molar-refractivity contribution < 1.29 is 25.8 Å². The van der Waals surface area contributed by atoms with E-state index >= 15 is 8.78 Å². The van der Waals surface area contributed by atoms with Crippen molar-refractivity contribution in [3.05, 3.63) is 53.7 Å². The Morgan fingerprint density at radius 3 is 2.24 bits per heavy atom. The number of aromatic nitrogens is 3. The zero-order chi connectivity index (χ0) is 38.6. The van der Waals surface area contributed by atoms with Crippen LogP contribution in [0.15, 0.2) is 36.5 Å². The average molecular weight is 778 g/mol. The molecule has 3 aliphatic rings. The molecule has 54 heavy (non-hydrogen) atoms. The third-order valence-corrected chi connectivity index (χ3v) is 20.1. The molecule has 3 aliphatic heterocycles. The first-order valence-electron chi connectivity index (χ1n) is 19.3. The van der Waals surface area contributed by atoms with Crippen LogP contribution in [0.4, 0.5) is 18.5 Å². The molecule has 3 saturated heterocycles. The minimum absolute atomic E-state index is 0.00368. The molecule has 2 aromatic carbocycles. The number of anilines is 1. The Morgan fingerprint density at radius 2 is 1.61 bits per heavy atom. The van der Waals surface area contributed by atoms with Gasteiger partial charge in [0.2, 0.25) is 0 Å². The van der Waals surface area contributed by atoms with Crippen LogP contribution in [0.1, 0.15) is 85.6 Å². The van der Waals surface area contributed by atoms with Gasteiger partial charge in [0.25, 0.3) is 0 Å². The Hall–Kier alpha value is -3.73. The molecule has 8 nitrogen and oxygen atoms in total. The number of ether oxygens (including phenoxy) is 1.